The fourth-order valence-corrected chi connectivity index (χ4v) is 4.25. The van der Waals surface area contributed by atoms with E-state index < -0.39 is 15.1 Å². The van der Waals surface area contributed by atoms with Crippen molar-refractivity contribution in [2.24, 2.45) is 0 Å². The van der Waals surface area contributed by atoms with Gasteiger partial charge in [0.1, 0.15) is 0 Å². The first-order valence-electron chi connectivity index (χ1n) is 6.21. The molecule has 2 unspecified atom stereocenters. The molecule has 0 saturated carbocycles. The second kappa shape index (κ2) is 6.93. The van der Waals surface area contributed by atoms with Gasteiger partial charge in [0.05, 0.1) is 15.2 Å². The van der Waals surface area contributed by atoms with Gasteiger partial charge in [0, 0.05) is 11.1 Å². The Bertz CT molecular complexity index is 531. The molecule has 0 aliphatic rings. The molecule has 0 bridgehead atoms. The lowest BCUT2D eigenvalue weighted by Crippen LogP contribution is -2.32. The molecule has 2 atom stereocenters. The Morgan fingerprint density at radius 3 is 2.47 bits per heavy atom. The van der Waals surface area contributed by atoms with Gasteiger partial charge in [-0.2, -0.15) is 0 Å². The summed E-state index contributed by atoms with van der Waals surface area (Å²) in [6, 6.07) is 4.63. The standard InChI is InChI=1S/C13H19Cl2NO2S/c1-4-16-9(2)7-10(3)19(17,18)13-8-11(14)5-6-12(13)15/h5-6,8-10,16H,4,7H2,1-3H3. The molecule has 0 aromatic heterocycles. The van der Waals surface area contributed by atoms with Crippen molar-refractivity contribution in [2.75, 3.05) is 6.54 Å². The van der Waals surface area contributed by atoms with Crippen LogP contribution in [0.15, 0.2) is 23.1 Å². The van der Waals surface area contributed by atoms with Crippen molar-refractivity contribution < 1.29 is 8.42 Å². The van der Waals surface area contributed by atoms with Gasteiger partial charge in [-0.05, 0) is 45.0 Å². The van der Waals surface area contributed by atoms with Crippen molar-refractivity contribution >= 4 is 33.0 Å². The molecule has 1 N–H and O–H groups in total. The number of hydrogen-bond donors (Lipinski definition) is 1. The Morgan fingerprint density at radius 1 is 1.26 bits per heavy atom. The van der Waals surface area contributed by atoms with Crippen LogP contribution in [0.2, 0.25) is 10.0 Å². The van der Waals surface area contributed by atoms with Crippen molar-refractivity contribution in [1.29, 1.82) is 0 Å². The van der Waals surface area contributed by atoms with Crippen LogP contribution < -0.4 is 5.32 Å². The minimum Gasteiger partial charge on any atom is -0.314 e. The Balaban J connectivity index is 3.00. The molecule has 1 aromatic carbocycles. The SMILES string of the molecule is CCNC(C)CC(C)S(=O)(=O)c1cc(Cl)ccc1Cl. The summed E-state index contributed by atoms with van der Waals surface area (Å²) in [5, 5.41) is 3.27. The van der Waals surface area contributed by atoms with E-state index in [2.05, 4.69) is 5.32 Å². The normalized spacial score (nSPS) is 15.2. The van der Waals surface area contributed by atoms with Gasteiger partial charge < -0.3 is 5.32 Å². The van der Waals surface area contributed by atoms with Gasteiger partial charge in [0.15, 0.2) is 9.84 Å². The lowest BCUT2D eigenvalue weighted by atomic mass is 10.2. The zero-order valence-electron chi connectivity index (χ0n) is 11.3. The molecule has 0 radical (unpaired) electrons. The molecule has 0 amide bonds. The molecule has 1 rings (SSSR count). The zero-order valence-corrected chi connectivity index (χ0v) is 13.6. The summed E-state index contributed by atoms with van der Waals surface area (Å²) in [5.41, 5.74) is 0. The van der Waals surface area contributed by atoms with E-state index in [0.717, 1.165) is 6.54 Å². The average Bonchev–Trinajstić information content (AvgIpc) is 2.32. The maximum absolute atomic E-state index is 12.5. The van der Waals surface area contributed by atoms with Crippen molar-refractivity contribution in [2.45, 2.75) is 43.4 Å². The van der Waals surface area contributed by atoms with Crippen molar-refractivity contribution in [3.8, 4) is 0 Å². The fraction of sp³-hybridized carbons (Fsp3) is 0.538. The van der Waals surface area contributed by atoms with Crippen LogP contribution in [-0.2, 0) is 9.84 Å². The first-order valence-corrected chi connectivity index (χ1v) is 8.51. The van der Waals surface area contributed by atoms with E-state index in [-0.39, 0.29) is 16.0 Å². The van der Waals surface area contributed by atoms with Gasteiger partial charge in [-0.15, -0.1) is 0 Å². The monoisotopic (exact) mass is 323 g/mol. The van der Waals surface area contributed by atoms with Crippen LogP contribution in [0.25, 0.3) is 0 Å². The molecule has 1 aromatic rings. The molecule has 3 nitrogen and oxygen atoms in total. The van der Waals surface area contributed by atoms with Crippen LogP contribution in [0, 0.1) is 0 Å². The van der Waals surface area contributed by atoms with Gasteiger partial charge in [-0.25, -0.2) is 8.42 Å². The van der Waals surface area contributed by atoms with Crippen LogP contribution in [0.3, 0.4) is 0 Å². The highest BCUT2D eigenvalue weighted by Gasteiger charge is 2.27. The van der Waals surface area contributed by atoms with Gasteiger partial charge in [0.25, 0.3) is 0 Å². The van der Waals surface area contributed by atoms with Crippen molar-refractivity contribution in [3.05, 3.63) is 28.2 Å². The van der Waals surface area contributed by atoms with E-state index in [4.69, 9.17) is 23.2 Å². The minimum atomic E-state index is -3.46. The van der Waals surface area contributed by atoms with E-state index in [1.165, 1.54) is 12.1 Å². The van der Waals surface area contributed by atoms with Crippen LogP contribution in [0.5, 0.6) is 0 Å². The van der Waals surface area contributed by atoms with Crippen molar-refractivity contribution in [3.63, 3.8) is 0 Å². The van der Waals surface area contributed by atoms with Gasteiger partial charge in [0.2, 0.25) is 0 Å². The summed E-state index contributed by atoms with van der Waals surface area (Å²) in [6.45, 7) is 6.46. The first-order chi connectivity index (χ1) is 8.78. The maximum atomic E-state index is 12.5. The number of nitrogens with one attached hydrogen (secondary N) is 1. The zero-order chi connectivity index (χ0) is 14.6. The molecule has 0 fully saturated rings. The minimum absolute atomic E-state index is 0.109. The number of rotatable bonds is 6. The maximum Gasteiger partial charge on any atom is 0.182 e. The van der Waals surface area contributed by atoms with Crippen LogP contribution in [-0.4, -0.2) is 26.3 Å². The summed E-state index contributed by atoms with van der Waals surface area (Å²) in [4.78, 5) is 0.109. The topological polar surface area (TPSA) is 46.2 Å². The van der Waals surface area contributed by atoms with Crippen molar-refractivity contribution in [1.82, 2.24) is 5.32 Å². The molecular formula is C13H19Cl2NO2S. The smallest absolute Gasteiger partial charge is 0.182 e. The molecule has 0 heterocycles. The molecule has 0 spiro atoms. The summed E-state index contributed by atoms with van der Waals surface area (Å²) in [5.74, 6) is 0. The number of hydrogen-bond acceptors (Lipinski definition) is 3. The summed E-state index contributed by atoms with van der Waals surface area (Å²) in [7, 11) is -3.46. The van der Waals surface area contributed by atoms with E-state index in [1.54, 1.807) is 13.0 Å². The Kier molecular flexibility index (Phi) is 6.12. The molecular weight excluding hydrogens is 305 g/mol. The van der Waals surface area contributed by atoms with Gasteiger partial charge in [-0.3, -0.25) is 0 Å². The first kappa shape index (κ1) is 16.8. The van der Waals surface area contributed by atoms with Crippen LogP contribution >= 0.6 is 23.2 Å². The highest BCUT2D eigenvalue weighted by atomic mass is 35.5. The molecule has 0 saturated heterocycles. The van der Waals surface area contributed by atoms with Gasteiger partial charge >= 0.3 is 0 Å². The highest BCUT2D eigenvalue weighted by molar-refractivity contribution is 7.92. The van der Waals surface area contributed by atoms with Crippen LogP contribution in [0.4, 0.5) is 0 Å². The largest absolute Gasteiger partial charge is 0.314 e. The molecule has 0 aliphatic carbocycles. The third-order valence-corrected chi connectivity index (χ3v) is 5.85. The average molecular weight is 324 g/mol. The predicted octanol–water partition coefficient (Wildman–Crippen LogP) is 3.54. The van der Waals surface area contributed by atoms with E-state index >= 15 is 0 Å². The highest BCUT2D eigenvalue weighted by Crippen LogP contribution is 2.29. The quantitative estimate of drug-likeness (QED) is 0.870. The molecule has 6 heteroatoms. The lowest BCUT2D eigenvalue weighted by molar-refractivity contribution is 0.509. The number of halogens is 2. The van der Waals surface area contributed by atoms with Gasteiger partial charge in [-0.1, -0.05) is 30.1 Å². The third kappa shape index (κ3) is 4.35. The molecule has 0 aliphatic heterocycles. The van der Waals surface area contributed by atoms with E-state index in [9.17, 15) is 8.42 Å². The predicted molar refractivity (Wildman–Crippen MR) is 80.9 cm³/mol. The van der Waals surface area contributed by atoms with Crippen LogP contribution in [0.1, 0.15) is 27.2 Å². The molecule has 108 valence electrons. The summed E-state index contributed by atoms with van der Waals surface area (Å²) in [6.07, 6.45) is 0.527. The summed E-state index contributed by atoms with van der Waals surface area (Å²) < 4.78 is 24.9. The molecule has 19 heavy (non-hydrogen) atoms. The Hall–Kier alpha value is -0.290. The van der Waals surface area contributed by atoms with E-state index in [0.29, 0.717) is 11.4 Å². The Morgan fingerprint density at radius 2 is 1.89 bits per heavy atom. The fourth-order valence-electron chi connectivity index (χ4n) is 1.97. The lowest BCUT2D eigenvalue weighted by Gasteiger charge is -2.19. The summed E-state index contributed by atoms with van der Waals surface area (Å²) >= 11 is 11.8. The number of sulfone groups is 1. The number of benzene rings is 1. The Labute approximate surface area is 125 Å². The third-order valence-electron chi connectivity index (χ3n) is 2.97. The second-order valence-electron chi connectivity index (χ2n) is 4.62. The second-order valence-corrected chi connectivity index (χ2v) is 7.80. The van der Waals surface area contributed by atoms with E-state index in [1.807, 2.05) is 13.8 Å².